The molecular formula is C17H20Cl2FN3O3. The van der Waals surface area contributed by atoms with E-state index in [1.807, 2.05) is 0 Å². The summed E-state index contributed by atoms with van der Waals surface area (Å²) in [7, 11) is 0. The Bertz CT molecular complexity index is 701. The molecule has 1 aliphatic heterocycles. The van der Waals surface area contributed by atoms with Gasteiger partial charge in [0, 0.05) is 25.8 Å². The quantitative estimate of drug-likeness (QED) is 0.801. The number of aromatic nitrogens is 1. The van der Waals surface area contributed by atoms with Gasteiger partial charge in [0.05, 0.1) is 12.8 Å². The summed E-state index contributed by atoms with van der Waals surface area (Å²) in [5, 5.41) is 5.83. The lowest BCUT2D eigenvalue weighted by Crippen LogP contribution is -2.47. The van der Waals surface area contributed by atoms with E-state index in [9.17, 15) is 9.18 Å². The van der Waals surface area contributed by atoms with Crippen molar-refractivity contribution in [3.05, 3.63) is 54.1 Å². The van der Waals surface area contributed by atoms with Crippen LogP contribution >= 0.6 is 24.8 Å². The maximum Gasteiger partial charge on any atom is 0.250 e. The van der Waals surface area contributed by atoms with Crippen LogP contribution in [0.1, 0.15) is 5.56 Å². The van der Waals surface area contributed by atoms with Crippen LogP contribution in [0.4, 0.5) is 4.39 Å². The predicted octanol–water partition coefficient (Wildman–Crippen LogP) is 2.46. The predicted molar refractivity (Wildman–Crippen MR) is 99.7 cm³/mol. The minimum atomic E-state index is -0.503. The Kier molecular flexibility index (Phi) is 9.29. The number of pyridine rings is 1. The third-order valence-electron chi connectivity index (χ3n) is 3.55. The highest BCUT2D eigenvalue weighted by atomic mass is 35.5. The highest BCUT2D eigenvalue weighted by Gasteiger charge is 2.21. The first-order valence-electron chi connectivity index (χ1n) is 7.69. The van der Waals surface area contributed by atoms with Crippen molar-refractivity contribution in [1.82, 2.24) is 15.6 Å². The first-order valence-corrected chi connectivity index (χ1v) is 7.69. The van der Waals surface area contributed by atoms with Crippen LogP contribution in [0.3, 0.4) is 0 Å². The van der Waals surface area contributed by atoms with Gasteiger partial charge in [-0.25, -0.2) is 4.39 Å². The van der Waals surface area contributed by atoms with Crippen molar-refractivity contribution in [1.29, 1.82) is 0 Å². The maximum absolute atomic E-state index is 14.1. The van der Waals surface area contributed by atoms with E-state index < -0.39 is 11.9 Å². The highest BCUT2D eigenvalue weighted by molar-refractivity contribution is 5.85. The van der Waals surface area contributed by atoms with Crippen molar-refractivity contribution < 1.29 is 18.7 Å². The number of nitrogens with zero attached hydrogens (tertiary/aromatic N) is 1. The lowest BCUT2D eigenvalue weighted by molar-refractivity contribution is -0.134. The van der Waals surface area contributed by atoms with Gasteiger partial charge in [-0.3, -0.25) is 9.78 Å². The van der Waals surface area contributed by atoms with E-state index in [2.05, 4.69) is 15.6 Å². The molecule has 0 spiro atoms. The van der Waals surface area contributed by atoms with Gasteiger partial charge in [0.15, 0.2) is 11.6 Å². The normalized spacial score (nSPS) is 16.0. The van der Waals surface area contributed by atoms with E-state index in [0.717, 1.165) is 6.54 Å². The average Bonchev–Trinajstić information content (AvgIpc) is 2.63. The molecule has 1 aromatic carbocycles. The molecule has 1 amide bonds. The fourth-order valence-corrected chi connectivity index (χ4v) is 2.31. The first-order chi connectivity index (χ1) is 11.7. The molecular weight excluding hydrogens is 384 g/mol. The number of morpholine rings is 1. The topological polar surface area (TPSA) is 72.5 Å². The van der Waals surface area contributed by atoms with Crippen LogP contribution < -0.4 is 15.4 Å². The molecule has 1 aromatic heterocycles. The van der Waals surface area contributed by atoms with Gasteiger partial charge in [0.2, 0.25) is 0 Å². The second-order valence-corrected chi connectivity index (χ2v) is 5.34. The number of benzene rings is 1. The fourth-order valence-electron chi connectivity index (χ4n) is 2.31. The van der Waals surface area contributed by atoms with Gasteiger partial charge in [-0.1, -0.05) is 6.07 Å². The smallest absolute Gasteiger partial charge is 0.250 e. The number of hydrogen-bond donors (Lipinski definition) is 2. The number of nitrogens with one attached hydrogen (secondary N) is 2. The van der Waals surface area contributed by atoms with Crippen molar-refractivity contribution in [3.8, 4) is 11.5 Å². The minimum Gasteiger partial charge on any atom is -0.453 e. The van der Waals surface area contributed by atoms with Crippen LogP contribution in [0.15, 0.2) is 42.7 Å². The monoisotopic (exact) mass is 403 g/mol. The molecule has 9 heteroatoms. The zero-order valence-corrected chi connectivity index (χ0v) is 15.4. The minimum absolute atomic E-state index is 0. The average molecular weight is 404 g/mol. The summed E-state index contributed by atoms with van der Waals surface area (Å²) in [5.74, 6) is -0.142. The Morgan fingerprint density at radius 1 is 1.38 bits per heavy atom. The van der Waals surface area contributed by atoms with Gasteiger partial charge in [-0.2, -0.15) is 0 Å². The number of carbonyl (C=O) groups excluding carboxylic acids is 1. The number of carbonyl (C=O) groups is 1. The molecule has 1 atom stereocenters. The third kappa shape index (κ3) is 6.10. The van der Waals surface area contributed by atoms with Crippen molar-refractivity contribution in [3.63, 3.8) is 0 Å². The molecule has 2 aromatic rings. The van der Waals surface area contributed by atoms with E-state index >= 15 is 0 Å². The highest BCUT2D eigenvalue weighted by Crippen LogP contribution is 2.24. The lowest BCUT2D eigenvalue weighted by Gasteiger charge is -2.22. The summed E-state index contributed by atoms with van der Waals surface area (Å²) >= 11 is 0. The molecule has 1 saturated heterocycles. The molecule has 0 radical (unpaired) electrons. The molecule has 142 valence electrons. The van der Waals surface area contributed by atoms with Crippen LogP contribution in [0, 0.1) is 5.82 Å². The van der Waals surface area contributed by atoms with Crippen molar-refractivity contribution in [2.45, 2.75) is 12.6 Å². The molecule has 1 fully saturated rings. The molecule has 0 unspecified atom stereocenters. The maximum atomic E-state index is 14.1. The van der Waals surface area contributed by atoms with Crippen molar-refractivity contribution in [2.24, 2.45) is 0 Å². The van der Waals surface area contributed by atoms with E-state index in [4.69, 9.17) is 9.47 Å². The summed E-state index contributed by atoms with van der Waals surface area (Å²) in [6.45, 7) is 1.96. The molecule has 1 aliphatic rings. The largest absolute Gasteiger partial charge is 0.453 e. The van der Waals surface area contributed by atoms with Gasteiger partial charge >= 0.3 is 0 Å². The van der Waals surface area contributed by atoms with Crippen LogP contribution in [-0.2, 0) is 16.1 Å². The molecule has 6 nitrogen and oxygen atoms in total. The molecule has 2 N–H and O–H groups in total. The number of amides is 1. The second kappa shape index (κ2) is 10.9. The zero-order valence-electron chi connectivity index (χ0n) is 13.8. The summed E-state index contributed by atoms with van der Waals surface area (Å²) in [4.78, 5) is 15.9. The molecule has 2 heterocycles. The Morgan fingerprint density at radius 3 is 2.88 bits per heavy atom. The lowest BCUT2D eigenvalue weighted by atomic mass is 10.2. The second-order valence-electron chi connectivity index (χ2n) is 5.34. The van der Waals surface area contributed by atoms with Gasteiger partial charge < -0.3 is 20.1 Å². The summed E-state index contributed by atoms with van der Waals surface area (Å²) in [6, 6.07) is 7.97. The third-order valence-corrected chi connectivity index (χ3v) is 3.55. The van der Waals surface area contributed by atoms with Crippen LogP contribution in [0.2, 0.25) is 0 Å². The number of ether oxygens (including phenoxy) is 2. The zero-order chi connectivity index (χ0) is 16.8. The van der Waals surface area contributed by atoms with Crippen LogP contribution in [-0.4, -0.2) is 36.7 Å². The molecule has 26 heavy (non-hydrogen) atoms. The van der Waals surface area contributed by atoms with Gasteiger partial charge in [0.25, 0.3) is 5.91 Å². The fraction of sp³-hybridized carbons (Fsp3) is 0.294. The van der Waals surface area contributed by atoms with E-state index in [1.54, 1.807) is 24.4 Å². The van der Waals surface area contributed by atoms with Crippen LogP contribution in [0.5, 0.6) is 11.5 Å². The first kappa shape index (κ1) is 22.1. The summed E-state index contributed by atoms with van der Waals surface area (Å²) in [5.41, 5.74) is 0.642. The SMILES string of the molecule is Cl.Cl.O=C(NCc1ccc(Oc2cccnc2)c(F)c1)[C@H]1CNCCO1. The van der Waals surface area contributed by atoms with E-state index in [-0.39, 0.29) is 43.0 Å². The Labute approximate surface area is 163 Å². The van der Waals surface area contributed by atoms with Gasteiger partial charge in [-0.15, -0.1) is 24.8 Å². The molecule has 0 saturated carbocycles. The van der Waals surface area contributed by atoms with Gasteiger partial charge in [0.1, 0.15) is 11.9 Å². The van der Waals surface area contributed by atoms with Crippen molar-refractivity contribution in [2.75, 3.05) is 19.7 Å². The summed E-state index contributed by atoms with van der Waals surface area (Å²) in [6.07, 6.45) is 2.61. The Hall–Kier alpha value is -1.93. The number of rotatable bonds is 5. The standard InChI is InChI=1S/C17H18FN3O3.2ClH/c18-14-8-12(9-21-17(22)16-11-20-6-7-23-16)3-4-15(14)24-13-2-1-5-19-10-13;;/h1-5,8,10,16,20H,6-7,9,11H2,(H,21,22);2*1H/t16-;;/m1../s1. The molecule has 0 aliphatic carbocycles. The number of halogens is 3. The van der Waals surface area contributed by atoms with Gasteiger partial charge in [-0.05, 0) is 29.8 Å². The molecule has 3 rings (SSSR count). The van der Waals surface area contributed by atoms with Crippen molar-refractivity contribution >= 4 is 30.7 Å². The van der Waals surface area contributed by atoms with Crippen LogP contribution in [0.25, 0.3) is 0 Å². The Balaban J connectivity index is 0.00000169. The van der Waals surface area contributed by atoms with E-state index in [1.165, 1.54) is 18.3 Å². The van der Waals surface area contributed by atoms with E-state index in [0.29, 0.717) is 24.5 Å². The summed E-state index contributed by atoms with van der Waals surface area (Å²) < 4.78 is 24.9. The Morgan fingerprint density at radius 2 is 2.23 bits per heavy atom. The molecule has 0 bridgehead atoms. The number of hydrogen-bond acceptors (Lipinski definition) is 5.